The molecule has 3 heteroatoms. The first kappa shape index (κ1) is 7.80. The SMILES string of the molecule is C[C@]12CC[C@@H]3[C@]1(C)C[C@@]32C(=O)NN. The number of carbonyl (C=O) groups is 1. The Hall–Kier alpha value is -0.570. The van der Waals surface area contributed by atoms with Crippen molar-refractivity contribution in [3.05, 3.63) is 0 Å². The summed E-state index contributed by atoms with van der Waals surface area (Å²) in [5.74, 6) is 5.95. The Bertz CT molecular complexity index is 316. The van der Waals surface area contributed by atoms with Gasteiger partial charge in [0, 0.05) is 0 Å². The molecule has 4 bridgehead atoms. The van der Waals surface area contributed by atoms with Gasteiger partial charge in [-0.15, -0.1) is 0 Å². The maximum absolute atomic E-state index is 11.7. The predicted molar refractivity (Wildman–Crippen MR) is 48.3 cm³/mol. The summed E-state index contributed by atoms with van der Waals surface area (Å²) in [4.78, 5) is 11.7. The molecule has 0 aliphatic heterocycles. The minimum atomic E-state index is -0.0729. The van der Waals surface area contributed by atoms with Crippen LogP contribution in [0.4, 0.5) is 0 Å². The van der Waals surface area contributed by atoms with E-state index in [4.69, 9.17) is 5.84 Å². The first-order valence-electron chi connectivity index (χ1n) is 5.04. The van der Waals surface area contributed by atoms with Crippen molar-refractivity contribution in [3.8, 4) is 0 Å². The second kappa shape index (κ2) is 1.65. The van der Waals surface area contributed by atoms with Gasteiger partial charge in [0.05, 0.1) is 5.41 Å². The molecule has 3 N–H and O–H groups in total. The number of amides is 1. The molecule has 0 unspecified atom stereocenters. The Balaban J connectivity index is 2.03. The summed E-state index contributed by atoms with van der Waals surface area (Å²) in [6.07, 6.45) is 3.49. The highest BCUT2D eigenvalue weighted by molar-refractivity contribution is 5.89. The monoisotopic (exact) mass is 180 g/mol. The van der Waals surface area contributed by atoms with Crippen LogP contribution in [0, 0.1) is 22.2 Å². The van der Waals surface area contributed by atoms with Gasteiger partial charge in [0.2, 0.25) is 5.91 Å². The lowest BCUT2D eigenvalue weighted by molar-refractivity contribution is -0.328. The molecule has 0 aromatic rings. The second-order valence-corrected chi connectivity index (χ2v) is 5.46. The average molecular weight is 180 g/mol. The smallest absolute Gasteiger partial charge is 0.240 e. The van der Waals surface area contributed by atoms with Crippen molar-refractivity contribution in [2.75, 3.05) is 0 Å². The summed E-state index contributed by atoms with van der Waals surface area (Å²) < 4.78 is 0. The molecule has 0 aromatic carbocycles. The minimum absolute atomic E-state index is 0.0729. The summed E-state index contributed by atoms with van der Waals surface area (Å²) in [5.41, 5.74) is 2.99. The third-order valence-electron chi connectivity index (χ3n) is 5.72. The van der Waals surface area contributed by atoms with Gasteiger partial charge < -0.3 is 0 Å². The molecule has 5 rings (SSSR count). The fourth-order valence-electron chi connectivity index (χ4n) is 4.85. The van der Waals surface area contributed by atoms with E-state index in [2.05, 4.69) is 19.3 Å². The molecule has 72 valence electrons. The molecular weight excluding hydrogens is 164 g/mol. The first-order chi connectivity index (χ1) is 6.03. The van der Waals surface area contributed by atoms with Gasteiger partial charge in [-0.1, -0.05) is 13.8 Å². The maximum Gasteiger partial charge on any atom is 0.240 e. The summed E-state index contributed by atoms with van der Waals surface area (Å²) in [7, 11) is 0. The molecule has 5 aliphatic carbocycles. The summed E-state index contributed by atoms with van der Waals surface area (Å²) in [6, 6.07) is 0. The van der Waals surface area contributed by atoms with E-state index in [1.54, 1.807) is 0 Å². The maximum atomic E-state index is 11.7. The molecule has 3 nitrogen and oxygen atoms in total. The van der Waals surface area contributed by atoms with Crippen molar-refractivity contribution in [2.24, 2.45) is 28.0 Å². The van der Waals surface area contributed by atoms with Crippen molar-refractivity contribution >= 4 is 5.91 Å². The van der Waals surface area contributed by atoms with Crippen molar-refractivity contribution in [1.29, 1.82) is 0 Å². The topological polar surface area (TPSA) is 55.1 Å². The molecule has 5 fully saturated rings. The van der Waals surface area contributed by atoms with Crippen LogP contribution in [0.25, 0.3) is 0 Å². The van der Waals surface area contributed by atoms with Gasteiger partial charge in [-0.2, -0.15) is 0 Å². The summed E-state index contributed by atoms with van der Waals surface area (Å²) >= 11 is 0. The normalized spacial score (nSPS) is 61.0. The van der Waals surface area contributed by atoms with Crippen LogP contribution in [0.15, 0.2) is 0 Å². The molecular formula is C10H16N2O. The molecule has 5 saturated carbocycles. The number of rotatable bonds is 1. The zero-order chi connectivity index (χ0) is 9.48. The van der Waals surface area contributed by atoms with E-state index in [0.717, 1.165) is 6.42 Å². The van der Waals surface area contributed by atoms with Crippen LogP contribution in [-0.4, -0.2) is 5.91 Å². The molecule has 4 atom stereocenters. The van der Waals surface area contributed by atoms with E-state index >= 15 is 0 Å². The average Bonchev–Trinajstić information content (AvgIpc) is 2.48. The Morgan fingerprint density at radius 3 is 2.62 bits per heavy atom. The van der Waals surface area contributed by atoms with Crippen LogP contribution < -0.4 is 11.3 Å². The molecule has 0 saturated heterocycles. The molecule has 0 spiro atoms. The Kier molecular flexibility index (Phi) is 0.991. The number of nitrogens with one attached hydrogen (secondary N) is 1. The predicted octanol–water partition coefficient (Wildman–Crippen LogP) is 0.803. The van der Waals surface area contributed by atoms with E-state index in [1.807, 2.05) is 0 Å². The van der Waals surface area contributed by atoms with E-state index in [0.29, 0.717) is 11.3 Å². The van der Waals surface area contributed by atoms with E-state index < -0.39 is 0 Å². The van der Waals surface area contributed by atoms with Crippen LogP contribution in [-0.2, 0) is 4.79 Å². The lowest BCUT2D eigenvalue weighted by Crippen LogP contribution is -2.82. The lowest BCUT2D eigenvalue weighted by Gasteiger charge is -2.81. The zero-order valence-electron chi connectivity index (χ0n) is 8.18. The van der Waals surface area contributed by atoms with Crippen LogP contribution in [0.5, 0.6) is 0 Å². The largest absolute Gasteiger partial charge is 0.294 e. The van der Waals surface area contributed by atoms with Crippen molar-refractivity contribution < 1.29 is 4.79 Å². The van der Waals surface area contributed by atoms with Gasteiger partial charge in [0.25, 0.3) is 0 Å². The van der Waals surface area contributed by atoms with Crippen LogP contribution in [0.1, 0.15) is 33.1 Å². The second-order valence-electron chi connectivity index (χ2n) is 5.46. The molecule has 5 aliphatic rings. The number of nitrogens with two attached hydrogens (primary N) is 1. The number of fused-ring (bicyclic) bond motifs is 1. The van der Waals surface area contributed by atoms with Crippen molar-refractivity contribution in [1.82, 2.24) is 5.43 Å². The Morgan fingerprint density at radius 1 is 1.54 bits per heavy atom. The molecule has 13 heavy (non-hydrogen) atoms. The summed E-state index contributed by atoms with van der Waals surface area (Å²) in [5, 5.41) is 0. The highest BCUT2D eigenvalue weighted by Crippen LogP contribution is 2.93. The number of hydrazine groups is 1. The van der Waals surface area contributed by atoms with Gasteiger partial charge in [-0.25, -0.2) is 5.84 Å². The van der Waals surface area contributed by atoms with Crippen LogP contribution in [0.2, 0.25) is 0 Å². The molecule has 1 amide bonds. The standard InChI is InChI=1S/C10H16N2O/c1-8-5-10(7(13)12-11)6(8)3-4-9(8,10)2/h6H,3-5,11H2,1-2H3,(H,12,13)/t6-,8+,9+,10+/m1/s1. The molecule has 0 radical (unpaired) electrons. The first-order valence-corrected chi connectivity index (χ1v) is 5.04. The van der Waals surface area contributed by atoms with E-state index in [9.17, 15) is 4.79 Å². The van der Waals surface area contributed by atoms with Gasteiger partial charge in [-0.3, -0.25) is 10.2 Å². The minimum Gasteiger partial charge on any atom is -0.294 e. The quantitative estimate of drug-likeness (QED) is 0.356. The Morgan fingerprint density at radius 2 is 2.23 bits per heavy atom. The van der Waals surface area contributed by atoms with Gasteiger partial charge >= 0.3 is 0 Å². The van der Waals surface area contributed by atoms with E-state index in [-0.39, 0.29) is 16.7 Å². The van der Waals surface area contributed by atoms with Crippen LogP contribution in [0.3, 0.4) is 0 Å². The summed E-state index contributed by atoms with van der Waals surface area (Å²) in [6.45, 7) is 4.59. The van der Waals surface area contributed by atoms with Crippen molar-refractivity contribution in [3.63, 3.8) is 0 Å². The Labute approximate surface area is 78.0 Å². The fraction of sp³-hybridized carbons (Fsp3) is 0.900. The highest BCUT2D eigenvalue weighted by Gasteiger charge is 2.91. The molecule has 0 heterocycles. The zero-order valence-corrected chi connectivity index (χ0v) is 8.18. The van der Waals surface area contributed by atoms with Gasteiger partial charge in [0.15, 0.2) is 0 Å². The highest BCUT2D eigenvalue weighted by atomic mass is 16.2. The third kappa shape index (κ3) is 0.416. The lowest BCUT2D eigenvalue weighted by atomic mass is 9.21. The van der Waals surface area contributed by atoms with E-state index in [1.165, 1.54) is 12.8 Å². The fourth-order valence-corrected chi connectivity index (χ4v) is 4.85. The molecule has 0 aromatic heterocycles. The van der Waals surface area contributed by atoms with Crippen LogP contribution >= 0.6 is 0 Å². The number of hydrogen-bond donors (Lipinski definition) is 2. The van der Waals surface area contributed by atoms with Gasteiger partial charge in [-0.05, 0) is 36.0 Å². The van der Waals surface area contributed by atoms with Gasteiger partial charge in [0.1, 0.15) is 0 Å². The number of carbonyl (C=O) groups excluding carboxylic acids is 1. The number of hydrogen-bond acceptors (Lipinski definition) is 2. The van der Waals surface area contributed by atoms with Crippen molar-refractivity contribution in [2.45, 2.75) is 33.1 Å². The third-order valence-corrected chi connectivity index (χ3v) is 5.72.